The molecule has 190 valence electrons. The number of aromatic hydroxyl groups is 1. The van der Waals surface area contributed by atoms with Gasteiger partial charge in [-0.1, -0.05) is 41.4 Å². The highest BCUT2D eigenvalue weighted by atomic mass is 35.5. The maximum Gasteiger partial charge on any atom is 0.336 e. The predicted octanol–water partition coefficient (Wildman–Crippen LogP) is 6.12. The van der Waals surface area contributed by atoms with Crippen LogP contribution in [0.2, 0.25) is 10.0 Å². The molecular formula is C27H20Cl2O8. The summed E-state index contributed by atoms with van der Waals surface area (Å²) < 4.78 is 27.6. The molecule has 10 heteroatoms. The fourth-order valence-electron chi connectivity index (χ4n) is 3.69. The Morgan fingerprint density at radius 3 is 2.35 bits per heavy atom. The number of fused-ring (bicyclic) bond motifs is 1. The predicted molar refractivity (Wildman–Crippen MR) is 140 cm³/mol. The number of esters is 1. The summed E-state index contributed by atoms with van der Waals surface area (Å²) in [5.74, 6) is -1.35. The molecule has 0 amide bonds. The first kappa shape index (κ1) is 25.9. The molecule has 1 heterocycles. The lowest BCUT2D eigenvalue weighted by Crippen LogP contribution is -2.10. The van der Waals surface area contributed by atoms with Crippen LogP contribution in [0.1, 0.15) is 5.56 Å². The molecule has 0 aliphatic carbocycles. The van der Waals surface area contributed by atoms with Gasteiger partial charge in [-0.3, -0.25) is 4.79 Å². The summed E-state index contributed by atoms with van der Waals surface area (Å²) in [6, 6.07) is 12.8. The summed E-state index contributed by atoms with van der Waals surface area (Å²) in [7, 11) is 4.00. The van der Waals surface area contributed by atoms with Crippen molar-refractivity contribution < 1.29 is 33.3 Å². The third kappa shape index (κ3) is 5.07. The number of phenolic OH excluding ortho intramolecular Hbond substituents is 1. The van der Waals surface area contributed by atoms with Gasteiger partial charge >= 0.3 is 5.97 Å². The first-order valence-corrected chi connectivity index (χ1v) is 11.5. The Hall–Kier alpha value is -4.14. The van der Waals surface area contributed by atoms with E-state index >= 15 is 0 Å². The van der Waals surface area contributed by atoms with Gasteiger partial charge in [0.25, 0.3) is 0 Å². The Bertz CT molecular complexity index is 1590. The first-order chi connectivity index (χ1) is 17.8. The summed E-state index contributed by atoms with van der Waals surface area (Å²) >= 11 is 12.4. The van der Waals surface area contributed by atoms with E-state index in [0.29, 0.717) is 10.6 Å². The number of phenols is 1. The third-order valence-corrected chi connectivity index (χ3v) is 5.86. The van der Waals surface area contributed by atoms with Crippen molar-refractivity contribution in [1.29, 1.82) is 0 Å². The number of methoxy groups -OCH3 is 3. The van der Waals surface area contributed by atoms with E-state index in [0.717, 1.165) is 0 Å². The monoisotopic (exact) mass is 542 g/mol. The largest absolute Gasteiger partial charge is 0.507 e. The lowest BCUT2D eigenvalue weighted by molar-refractivity contribution is -0.128. The van der Waals surface area contributed by atoms with Gasteiger partial charge < -0.3 is 28.5 Å². The smallest absolute Gasteiger partial charge is 0.336 e. The molecule has 0 fully saturated rings. The summed E-state index contributed by atoms with van der Waals surface area (Å²) in [5, 5.41) is 10.9. The number of halogens is 2. The third-order valence-electron chi connectivity index (χ3n) is 5.33. The highest BCUT2D eigenvalue weighted by molar-refractivity contribution is 6.32. The van der Waals surface area contributed by atoms with Gasteiger partial charge in [-0.2, -0.15) is 0 Å². The van der Waals surface area contributed by atoms with Gasteiger partial charge in [0.15, 0.2) is 22.8 Å². The van der Waals surface area contributed by atoms with Crippen molar-refractivity contribution in [3.63, 3.8) is 0 Å². The SMILES string of the molecule is COc1cc(O)c2c(=O)c(OC)c(-c3cccc(Cl)c3OC(=O)/C=C/c3cccc(Cl)c3)oc2c1OC. The van der Waals surface area contributed by atoms with Crippen molar-refractivity contribution in [2.24, 2.45) is 0 Å². The van der Waals surface area contributed by atoms with Crippen LogP contribution in [0.15, 0.2) is 63.8 Å². The van der Waals surface area contributed by atoms with E-state index in [9.17, 15) is 14.7 Å². The Morgan fingerprint density at radius 2 is 1.68 bits per heavy atom. The van der Waals surface area contributed by atoms with Gasteiger partial charge in [0.05, 0.1) is 31.9 Å². The second-order valence-electron chi connectivity index (χ2n) is 7.55. The lowest BCUT2D eigenvalue weighted by atomic mass is 10.1. The van der Waals surface area contributed by atoms with Gasteiger partial charge in [-0.15, -0.1) is 0 Å². The average molecular weight is 543 g/mol. The Morgan fingerprint density at radius 1 is 0.946 bits per heavy atom. The maximum absolute atomic E-state index is 13.3. The lowest BCUT2D eigenvalue weighted by Gasteiger charge is -2.16. The van der Waals surface area contributed by atoms with E-state index in [-0.39, 0.29) is 50.3 Å². The molecule has 0 atom stereocenters. The molecule has 37 heavy (non-hydrogen) atoms. The van der Waals surface area contributed by atoms with E-state index in [1.807, 2.05) is 0 Å². The van der Waals surface area contributed by atoms with Crippen LogP contribution in [0.4, 0.5) is 0 Å². The average Bonchev–Trinajstić information content (AvgIpc) is 2.88. The van der Waals surface area contributed by atoms with Crippen LogP contribution in [0.5, 0.6) is 28.7 Å². The molecule has 1 aromatic heterocycles. The van der Waals surface area contributed by atoms with Crippen molar-refractivity contribution in [3.8, 4) is 40.1 Å². The van der Waals surface area contributed by atoms with E-state index < -0.39 is 17.1 Å². The Balaban J connectivity index is 1.87. The van der Waals surface area contributed by atoms with Crippen LogP contribution in [0.3, 0.4) is 0 Å². The molecule has 0 bridgehead atoms. The minimum atomic E-state index is -0.742. The van der Waals surface area contributed by atoms with Gasteiger partial charge in [-0.25, -0.2) is 4.79 Å². The molecule has 8 nitrogen and oxygen atoms in total. The number of carbonyl (C=O) groups excluding carboxylic acids is 1. The topological polar surface area (TPSA) is 104 Å². The molecular weight excluding hydrogens is 523 g/mol. The highest BCUT2D eigenvalue weighted by Crippen LogP contribution is 2.45. The van der Waals surface area contributed by atoms with E-state index in [1.165, 1.54) is 51.7 Å². The number of rotatable bonds is 7. The first-order valence-electron chi connectivity index (χ1n) is 10.7. The van der Waals surface area contributed by atoms with Crippen LogP contribution < -0.4 is 24.4 Å². The standard InChI is InChI=1S/C27H20Cl2O8/c1-33-19-13-18(30)21-22(32)27(35-3)24(37-26(21)25(19)34-2)16-8-5-9-17(29)23(16)36-20(31)11-10-14-6-4-7-15(28)12-14/h4-13,30H,1-3H3/b11-10+. The van der Waals surface area contributed by atoms with Crippen molar-refractivity contribution in [3.05, 3.63) is 80.4 Å². The molecule has 0 aliphatic rings. The minimum Gasteiger partial charge on any atom is -0.507 e. The number of benzene rings is 3. The fraction of sp³-hybridized carbons (Fsp3) is 0.111. The van der Waals surface area contributed by atoms with Gasteiger partial charge in [0.2, 0.25) is 16.9 Å². The number of ether oxygens (including phenoxy) is 4. The van der Waals surface area contributed by atoms with Crippen LogP contribution in [-0.4, -0.2) is 32.4 Å². The normalized spacial score (nSPS) is 11.1. The molecule has 1 N–H and O–H groups in total. The second kappa shape index (κ2) is 10.9. The fourth-order valence-corrected chi connectivity index (χ4v) is 4.11. The zero-order chi connectivity index (χ0) is 26.7. The molecule has 0 radical (unpaired) electrons. The molecule has 0 spiro atoms. The zero-order valence-corrected chi connectivity index (χ0v) is 21.3. The van der Waals surface area contributed by atoms with E-state index in [2.05, 4.69) is 0 Å². The number of carbonyl (C=O) groups is 1. The maximum atomic E-state index is 13.3. The van der Waals surface area contributed by atoms with E-state index in [4.69, 9.17) is 46.6 Å². The van der Waals surface area contributed by atoms with E-state index in [1.54, 1.807) is 30.3 Å². The molecule has 0 aliphatic heterocycles. The Kier molecular flexibility index (Phi) is 7.61. The molecule has 3 aromatic carbocycles. The van der Waals surface area contributed by atoms with Gasteiger partial charge in [-0.05, 0) is 35.9 Å². The van der Waals surface area contributed by atoms with Gasteiger partial charge in [0.1, 0.15) is 11.1 Å². The second-order valence-corrected chi connectivity index (χ2v) is 8.40. The van der Waals surface area contributed by atoms with Crippen molar-refractivity contribution >= 4 is 46.2 Å². The minimum absolute atomic E-state index is 0.0707. The number of hydrogen-bond acceptors (Lipinski definition) is 8. The van der Waals surface area contributed by atoms with Crippen LogP contribution in [-0.2, 0) is 4.79 Å². The molecule has 4 rings (SSSR count). The quantitative estimate of drug-likeness (QED) is 0.169. The van der Waals surface area contributed by atoms with Crippen LogP contribution in [0, 0.1) is 0 Å². The molecule has 0 unspecified atom stereocenters. The highest BCUT2D eigenvalue weighted by Gasteiger charge is 2.27. The van der Waals surface area contributed by atoms with Crippen molar-refractivity contribution in [1.82, 2.24) is 0 Å². The Labute approximate surface area is 221 Å². The van der Waals surface area contributed by atoms with Crippen LogP contribution in [0.25, 0.3) is 28.4 Å². The van der Waals surface area contributed by atoms with Crippen molar-refractivity contribution in [2.45, 2.75) is 0 Å². The van der Waals surface area contributed by atoms with Crippen molar-refractivity contribution in [2.75, 3.05) is 21.3 Å². The molecule has 4 aromatic rings. The molecule has 0 saturated heterocycles. The number of hydrogen-bond donors (Lipinski definition) is 1. The summed E-state index contributed by atoms with van der Waals surface area (Å²) in [5.41, 5.74) is 0.0534. The zero-order valence-electron chi connectivity index (χ0n) is 19.8. The van der Waals surface area contributed by atoms with Gasteiger partial charge in [0, 0.05) is 17.2 Å². The molecule has 0 saturated carbocycles. The summed E-state index contributed by atoms with van der Waals surface area (Å²) in [6.45, 7) is 0. The summed E-state index contributed by atoms with van der Waals surface area (Å²) in [6.07, 6.45) is 2.74. The number of para-hydroxylation sites is 1. The summed E-state index contributed by atoms with van der Waals surface area (Å²) in [4.78, 5) is 26.0. The van der Waals surface area contributed by atoms with Crippen LogP contribution >= 0.6 is 23.2 Å².